The van der Waals surface area contributed by atoms with Gasteiger partial charge in [-0.25, -0.2) is 4.79 Å². The van der Waals surface area contributed by atoms with Gasteiger partial charge in [0.05, 0.1) is 6.42 Å². The smallest absolute Gasteiger partial charge is 0.326 e. The van der Waals surface area contributed by atoms with Crippen molar-refractivity contribution in [1.29, 1.82) is 0 Å². The van der Waals surface area contributed by atoms with Crippen LogP contribution in [0.5, 0.6) is 0 Å². The zero-order valence-corrected chi connectivity index (χ0v) is 10.8. The van der Waals surface area contributed by atoms with E-state index in [1.54, 1.807) is 24.3 Å². The van der Waals surface area contributed by atoms with Crippen LogP contribution in [0.2, 0.25) is 0 Å². The van der Waals surface area contributed by atoms with Crippen LogP contribution in [0, 0.1) is 0 Å². The maximum atomic E-state index is 11.7. The van der Waals surface area contributed by atoms with E-state index in [2.05, 4.69) is 5.32 Å². The first-order valence-corrected chi connectivity index (χ1v) is 5.88. The number of carboxylic acids is 1. The molecule has 0 aliphatic rings. The predicted octanol–water partition coefficient (Wildman–Crippen LogP) is 0.417. The quantitative estimate of drug-likeness (QED) is 0.621. The number of nitrogens with two attached hydrogens (primary N) is 1. The molecule has 0 spiro atoms. The molecule has 0 radical (unpaired) electrons. The summed E-state index contributed by atoms with van der Waals surface area (Å²) in [5.74, 6) is -1.42. The number of rotatable bonds is 7. The molecule has 0 aliphatic heterocycles. The molecule has 1 amide bonds. The van der Waals surface area contributed by atoms with Crippen LogP contribution in [-0.2, 0) is 20.7 Å². The molecule has 4 N–H and O–H groups in total. The molecule has 0 aliphatic carbocycles. The molecule has 0 heterocycles. The monoisotopic (exact) mass is 266 g/mol. The first-order chi connectivity index (χ1) is 9.02. The summed E-state index contributed by atoms with van der Waals surface area (Å²) >= 11 is 0. The van der Waals surface area contributed by atoms with E-state index in [1.165, 1.54) is 7.11 Å². The Labute approximate surface area is 111 Å². The highest BCUT2D eigenvalue weighted by Crippen LogP contribution is 2.07. The number of nitrogen functional groups attached to an aromatic ring is 1. The Hall–Kier alpha value is -2.08. The normalized spacial score (nSPS) is 11.8. The number of carboxylic acid groups (broad SMARTS) is 1. The van der Waals surface area contributed by atoms with Crippen molar-refractivity contribution in [2.75, 3.05) is 19.5 Å². The van der Waals surface area contributed by atoms with E-state index in [0.717, 1.165) is 5.56 Å². The number of benzene rings is 1. The van der Waals surface area contributed by atoms with E-state index in [4.69, 9.17) is 15.6 Å². The lowest BCUT2D eigenvalue weighted by atomic mass is 10.1. The van der Waals surface area contributed by atoms with Crippen molar-refractivity contribution in [2.45, 2.75) is 18.9 Å². The minimum Gasteiger partial charge on any atom is -0.480 e. The number of hydrogen-bond acceptors (Lipinski definition) is 4. The van der Waals surface area contributed by atoms with Crippen molar-refractivity contribution >= 4 is 17.6 Å². The van der Waals surface area contributed by atoms with Gasteiger partial charge in [-0.3, -0.25) is 4.79 Å². The Morgan fingerprint density at radius 1 is 1.47 bits per heavy atom. The largest absolute Gasteiger partial charge is 0.480 e. The molecular formula is C13H18N2O4. The zero-order chi connectivity index (χ0) is 14.3. The van der Waals surface area contributed by atoms with Crippen LogP contribution in [0.3, 0.4) is 0 Å². The van der Waals surface area contributed by atoms with Gasteiger partial charge in [-0.05, 0) is 17.7 Å². The maximum Gasteiger partial charge on any atom is 0.326 e. The van der Waals surface area contributed by atoms with E-state index in [-0.39, 0.29) is 25.4 Å². The zero-order valence-electron chi connectivity index (χ0n) is 10.8. The molecule has 0 aromatic heterocycles. The van der Waals surface area contributed by atoms with Crippen molar-refractivity contribution in [2.24, 2.45) is 0 Å². The topological polar surface area (TPSA) is 102 Å². The van der Waals surface area contributed by atoms with E-state index in [0.29, 0.717) is 5.69 Å². The molecule has 19 heavy (non-hydrogen) atoms. The van der Waals surface area contributed by atoms with Crippen LogP contribution < -0.4 is 11.1 Å². The SMILES string of the molecule is COCCC(NC(=O)Cc1cccc(N)c1)C(=O)O. The van der Waals surface area contributed by atoms with Crippen molar-refractivity contribution < 1.29 is 19.4 Å². The number of hydrogen-bond donors (Lipinski definition) is 3. The summed E-state index contributed by atoms with van der Waals surface area (Å²) in [7, 11) is 1.48. The van der Waals surface area contributed by atoms with Crippen molar-refractivity contribution in [3.8, 4) is 0 Å². The van der Waals surface area contributed by atoms with Crippen molar-refractivity contribution in [3.05, 3.63) is 29.8 Å². The highest BCUT2D eigenvalue weighted by molar-refractivity contribution is 5.84. The van der Waals surface area contributed by atoms with Gasteiger partial charge >= 0.3 is 5.97 Å². The molecule has 0 saturated carbocycles. The second-order valence-electron chi connectivity index (χ2n) is 4.16. The van der Waals surface area contributed by atoms with Gasteiger partial charge in [-0.2, -0.15) is 0 Å². The number of carbonyl (C=O) groups is 2. The summed E-state index contributed by atoms with van der Waals surface area (Å²) in [5.41, 5.74) is 6.92. The molecular weight excluding hydrogens is 248 g/mol. The average molecular weight is 266 g/mol. The molecule has 6 heteroatoms. The third-order valence-corrected chi connectivity index (χ3v) is 2.56. The molecule has 1 aromatic carbocycles. The van der Waals surface area contributed by atoms with E-state index in [1.807, 2.05) is 0 Å². The third-order valence-electron chi connectivity index (χ3n) is 2.56. The number of aliphatic carboxylic acids is 1. The van der Waals surface area contributed by atoms with Crippen LogP contribution >= 0.6 is 0 Å². The summed E-state index contributed by atoms with van der Waals surface area (Å²) in [6.07, 6.45) is 0.330. The first-order valence-electron chi connectivity index (χ1n) is 5.88. The predicted molar refractivity (Wildman–Crippen MR) is 70.6 cm³/mol. The van der Waals surface area contributed by atoms with Gasteiger partial charge in [-0.15, -0.1) is 0 Å². The summed E-state index contributed by atoms with van der Waals surface area (Å²) < 4.78 is 4.81. The van der Waals surface area contributed by atoms with Crippen LogP contribution in [0.25, 0.3) is 0 Å². The number of anilines is 1. The third kappa shape index (κ3) is 5.39. The van der Waals surface area contributed by atoms with E-state index < -0.39 is 12.0 Å². The number of ether oxygens (including phenoxy) is 1. The summed E-state index contributed by atoms with van der Waals surface area (Å²) in [5, 5.41) is 11.4. The van der Waals surface area contributed by atoms with Gasteiger partial charge in [0, 0.05) is 25.8 Å². The molecule has 1 rings (SSSR count). The van der Waals surface area contributed by atoms with Crippen molar-refractivity contribution in [3.63, 3.8) is 0 Å². The van der Waals surface area contributed by atoms with Gasteiger partial charge < -0.3 is 20.9 Å². The molecule has 1 atom stereocenters. The van der Waals surface area contributed by atoms with Gasteiger partial charge in [0.25, 0.3) is 0 Å². The van der Waals surface area contributed by atoms with Crippen LogP contribution in [-0.4, -0.2) is 36.7 Å². The highest BCUT2D eigenvalue weighted by Gasteiger charge is 2.19. The number of nitrogens with one attached hydrogen (secondary N) is 1. The minimum absolute atomic E-state index is 0.0990. The van der Waals surface area contributed by atoms with E-state index >= 15 is 0 Å². The molecule has 1 aromatic rings. The maximum absolute atomic E-state index is 11.7. The Kier molecular flexibility index (Phi) is 5.81. The molecule has 0 saturated heterocycles. The molecule has 104 valence electrons. The second kappa shape index (κ2) is 7.38. The lowest BCUT2D eigenvalue weighted by molar-refractivity contribution is -0.142. The Bertz CT molecular complexity index is 448. The Balaban J connectivity index is 2.55. The lowest BCUT2D eigenvalue weighted by Gasteiger charge is -2.14. The van der Waals surface area contributed by atoms with Crippen LogP contribution in [0.1, 0.15) is 12.0 Å². The number of methoxy groups -OCH3 is 1. The summed E-state index contributed by atoms with van der Waals surface area (Å²) in [4.78, 5) is 22.7. The van der Waals surface area contributed by atoms with Crippen LogP contribution in [0.15, 0.2) is 24.3 Å². The van der Waals surface area contributed by atoms with Gasteiger partial charge in [0.1, 0.15) is 6.04 Å². The fraction of sp³-hybridized carbons (Fsp3) is 0.385. The standard InChI is InChI=1S/C13H18N2O4/c1-19-6-5-11(13(17)18)15-12(16)8-9-3-2-4-10(14)7-9/h2-4,7,11H,5-6,8,14H2,1H3,(H,15,16)(H,17,18). The minimum atomic E-state index is -1.07. The fourth-order valence-corrected chi connectivity index (χ4v) is 1.63. The first kappa shape index (κ1) is 15.0. The highest BCUT2D eigenvalue weighted by atomic mass is 16.5. The fourth-order valence-electron chi connectivity index (χ4n) is 1.63. The Morgan fingerprint density at radius 2 is 2.21 bits per heavy atom. The Morgan fingerprint density at radius 3 is 2.79 bits per heavy atom. The molecule has 6 nitrogen and oxygen atoms in total. The summed E-state index contributed by atoms with van der Waals surface area (Å²) in [6.45, 7) is 0.273. The van der Waals surface area contributed by atoms with Crippen molar-refractivity contribution in [1.82, 2.24) is 5.32 Å². The van der Waals surface area contributed by atoms with Gasteiger partial charge in [-0.1, -0.05) is 12.1 Å². The molecule has 0 fully saturated rings. The van der Waals surface area contributed by atoms with Gasteiger partial charge in [0.2, 0.25) is 5.91 Å². The molecule has 1 unspecified atom stereocenters. The van der Waals surface area contributed by atoms with E-state index in [9.17, 15) is 9.59 Å². The summed E-state index contributed by atoms with van der Waals surface area (Å²) in [6, 6.07) is 5.98. The molecule has 0 bridgehead atoms. The number of amides is 1. The van der Waals surface area contributed by atoms with Crippen LogP contribution in [0.4, 0.5) is 5.69 Å². The number of carbonyl (C=O) groups excluding carboxylic acids is 1. The lowest BCUT2D eigenvalue weighted by Crippen LogP contribution is -2.42. The second-order valence-corrected chi connectivity index (χ2v) is 4.16. The average Bonchev–Trinajstić information content (AvgIpc) is 2.34. The van der Waals surface area contributed by atoms with Gasteiger partial charge in [0.15, 0.2) is 0 Å².